The van der Waals surface area contributed by atoms with Crippen molar-refractivity contribution in [3.8, 4) is 11.8 Å². The van der Waals surface area contributed by atoms with Crippen LogP contribution in [0.4, 0.5) is 0 Å². The third-order valence-electron chi connectivity index (χ3n) is 3.59. The molecule has 1 aromatic rings. The molecule has 1 aliphatic rings. The Hall–Kier alpha value is -1.44. The molecule has 112 valence electrons. The number of aryl methyl sites for hydroxylation is 1. The SMILES string of the molecule is Cc1ccc(C(=O)NCC2CCCCS2)cc1C#CCN. The molecule has 1 heterocycles. The molecule has 0 radical (unpaired) electrons. The van der Waals surface area contributed by atoms with Gasteiger partial charge in [0.1, 0.15) is 0 Å². The lowest BCUT2D eigenvalue weighted by molar-refractivity contribution is 0.0953. The predicted molar refractivity (Wildman–Crippen MR) is 89.5 cm³/mol. The Kier molecular flexibility index (Phi) is 6.16. The molecule has 1 aromatic carbocycles. The van der Waals surface area contributed by atoms with Crippen LogP contribution in [0.3, 0.4) is 0 Å². The molecule has 1 saturated heterocycles. The van der Waals surface area contributed by atoms with Gasteiger partial charge in [-0.25, -0.2) is 0 Å². The Balaban J connectivity index is 1.98. The molecule has 0 bridgehead atoms. The molecule has 3 N–H and O–H groups in total. The topological polar surface area (TPSA) is 55.1 Å². The highest BCUT2D eigenvalue weighted by Gasteiger charge is 2.15. The molecule has 0 aromatic heterocycles. The quantitative estimate of drug-likeness (QED) is 0.843. The molecular weight excluding hydrogens is 280 g/mol. The summed E-state index contributed by atoms with van der Waals surface area (Å²) in [5, 5.41) is 3.60. The number of nitrogens with one attached hydrogen (secondary N) is 1. The summed E-state index contributed by atoms with van der Waals surface area (Å²) >= 11 is 1.97. The molecule has 1 atom stereocenters. The first kappa shape index (κ1) is 15.9. The number of hydrogen-bond acceptors (Lipinski definition) is 3. The monoisotopic (exact) mass is 302 g/mol. The molecule has 3 nitrogen and oxygen atoms in total. The van der Waals surface area contributed by atoms with E-state index >= 15 is 0 Å². The van der Waals surface area contributed by atoms with Gasteiger partial charge in [0, 0.05) is 22.9 Å². The Morgan fingerprint density at radius 2 is 2.33 bits per heavy atom. The first-order chi connectivity index (χ1) is 10.2. The van der Waals surface area contributed by atoms with E-state index in [1.807, 2.05) is 36.9 Å². The van der Waals surface area contributed by atoms with Gasteiger partial charge >= 0.3 is 0 Å². The van der Waals surface area contributed by atoms with Gasteiger partial charge in [-0.15, -0.1) is 0 Å². The summed E-state index contributed by atoms with van der Waals surface area (Å²) in [6.07, 6.45) is 3.78. The average Bonchev–Trinajstić information content (AvgIpc) is 2.53. The zero-order valence-corrected chi connectivity index (χ0v) is 13.3. The molecule has 2 rings (SSSR count). The van der Waals surface area contributed by atoms with E-state index in [2.05, 4.69) is 17.2 Å². The van der Waals surface area contributed by atoms with Crippen molar-refractivity contribution in [2.45, 2.75) is 31.4 Å². The van der Waals surface area contributed by atoms with Gasteiger partial charge in [-0.05, 0) is 43.2 Å². The number of carbonyl (C=O) groups excluding carboxylic acids is 1. The van der Waals surface area contributed by atoms with E-state index in [0.29, 0.717) is 17.4 Å². The molecule has 0 saturated carbocycles. The molecule has 0 spiro atoms. The highest BCUT2D eigenvalue weighted by atomic mass is 32.2. The molecule has 1 aliphatic heterocycles. The first-order valence-electron chi connectivity index (χ1n) is 7.40. The zero-order valence-electron chi connectivity index (χ0n) is 12.4. The van der Waals surface area contributed by atoms with Crippen molar-refractivity contribution in [2.75, 3.05) is 18.8 Å². The van der Waals surface area contributed by atoms with Crippen LogP contribution in [0.2, 0.25) is 0 Å². The molecule has 1 unspecified atom stereocenters. The maximum absolute atomic E-state index is 12.2. The van der Waals surface area contributed by atoms with Crippen LogP contribution >= 0.6 is 11.8 Å². The van der Waals surface area contributed by atoms with E-state index in [1.54, 1.807) is 0 Å². The average molecular weight is 302 g/mol. The minimum atomic E-state index is -0.0167. The summed E-state index contributed by atoms with van der Waals surface area (Å²) in [7, 11) is 0. The van der Waals surface area contributed by atoms with E-state index in [0.717, 1.165) is 17.7 Å². The second-order valence-electron chi connectivity index (χ2n) is 5.23. The van der Waals surface area contributed by atoms with Crippen molar-refractivity contribution in [1.82, 2.24) is 5.32 Å². The molecule has 0 aliphatic carbocycles. The second kappa shape index (κ2) is 8.11. The summed E-state index contributed by atoms with van der Waals surface area (Å²) in [5.74, 6) is 7.05. The summed E-state index contributed by atoms with van der Waals surface area (Å²) in [5.41, 5.74) is 8.01. The third-order valence-corrected chi connectivity index (χ3v) is 4.99. The Morgan fingerprint density at radius 3 is 3.05 bits per heavy atom. The number of carbonyl (C=O) groups is 1. The minimum Gasteiger partial charge on any atom is -0.351 e. The van der Waals surface area contributed by atoms with Gasteiger partial charge in [-0.3, -0.25) is 4.79 Å². The standard InChI is InChI=1S/C17H22N2OS/c1-13-7-8-15(11-14(13)5-4-9-18)17(20)19-12-16-6-2-3-10-21-16/h7-8,11,16H,2-3,6,9-10,12,18H2,1H3,(H,19,20). The number of hydrogen-bond donors (Lipinski definition) is 2. The highest BCUT2D eigenvalue weighted by molar-refractivity contribution is 7.99. The number of thioether (sulfide) groups is 1. The maximum Gasteiger partial charge on any atom is 0.251 e. The molecule has 21 heavy (non-hydrogen) atoms. The van der Waals surface area contributed by atoms with Crippen LogP contribution in [0.5, 0.6) is 0 Å². The largest absolute Gasteiger partial charge is 0.351 e. The summed E-state index contributed by atoms with van der Waals surface area (Å²) in [4.78, 5) is 12.2. The third kappa shape index (κ3) is 4.80. The summed E-state index contributed by atoms with van der Waals surface area (Å²) in [6, 6.07) is 5.64. The van der Waals surface area contributed by atoms with Crippen LogP contribution in [0.25, 0.3) is 0 Å². The van der Waals surface area contributed by atoms with Gasteiger partial charge in [-0.2, -0.15) is 11.8 Å². The lowest BCUT2D eigenvalue weighted by Crippen LogP contribution is -2.31. The van der Waals surface area contributed by atoms with Crippen LogP contribution in [0.15, 0.2) is 18.2 Å². The van der Waals surface area contributed by atoms with Crippen LogP contribution in [0, 0.1) is 18.8 Å². The van der Waals surface area contributed by atoms with Crippen molar-refractivity contribution < 1.29 is 4.79 Å². The maximum atomic E-state index is 12.2. The van der Waals surface area contributed by atoms with E-state index in [9.17, 15) is 4.79 Å². The van der Waals surface area contributed by atoms with Crippen molar-refractivity contribution in [2.24, 2.45) is 5.73 Å². The number of benzene rings is 1. The van der Waals surface area contributed by atoms with E-state index in [4.69, 9.17) is 5.73 Å². The van der Waals surface area contributed by atoms with Gasteiger partial charge in [0.15, 0.2) is 0 Å². The number of amides is 1. The Labute approximate surface area is 131 Å². The van der Waals surface area contributed by atoms with Gasteiger partial charge in [-0.1, -0.05) is 24.3 Å². The Bertz CT molecular complexity index is 554. The normalized spacial score (nSPS) is 17.7. The fourth-order valence-corrected chi connectivity index (χ4v) is 3.56. The van der Waals surface area contributed by atoms with E-state index < -0.39 is 0 Å². The molecule has 4 heteroatoms. The summed E-state index contributed by atoms with van der Waals surface area (Å²) < 4.78 is 0. The fraction of sp³-hybridized carbons (Fsp3) is 0.471. The first-order valence-corrected chi connectivity index (χ1v) is 8.45. The smallest absolute Gasteiger partial charge is 0.251 e. The van der Waals surface area contributed by atoms with Crippen molar-refractivity contribution >= 4 is 17.7 Å². The lowest BCUT2D eigenvalue weighted by Gasteiger charge is -2.21. The predicted octanol–water partition coefficient (Wildman–Crippen LogP) is 2.32. The fourth-order valence-electron chi connectivity index (χ4n) is 2.32. The molecule has 1 amide bonds. The van der Waals surface area contributed by atoms with E-state index in [-0.39, 0.29) is 5.91 Å². The molecular formula is C17H22N2OS. The van der Waals surface area contributed by atoms with Crippen molar-refractivity contribution in [3.63, 3.8) is 0 Å². The number of nitrogens with two attached hydrogens (primary N) is 1. The van der Waals surface area contributed by atoms with Gasteiger partial charge < -0.3 is 11.1 Å². The summed E-state index contributed by atoms with van der Waals surface area (Å²) in [6.45, 7) is 3.07. The minimum absolute atomic E-state index is 0.0167. The van der Waals surface area contributed by atoms with Crippen molar-refractivity contribution in [3.05, 3.63) is 34.9 Å². The second-order valence-corrected chi connectivity index (χ2v) is 6.64. The van der Waals surface area contributed by atoms with Gasteiger partial charge in [0.05, 0.1) is 6.54 Å². The number of rotatable bonds is 3. The lowest BCUT2D eigenvalue weighted by atomic mass is 10.0. The Morgan fingerprint density at radius 1 is 1.48 bits per heavy atom. The zero-order chi connectivity index (χ0) is 15.1. The van der Waals surface area contributed by atoms with Gasteiger partial charge in [0.2, 0.25) is 0 Å². The van der Waals surface area contributed by atoms with Gasteiger partial charge in [0.25, 0.3) is 5.91 Å². The van der Waals surface area contributed by atoms with E-state index in [1.165, 1.54) is 25.0 Å². The highest BCUT2D eigenvalue weighted by Crippen LogP contribution is 2.24. The van der Waals surface area contributed by atoms with Crippen LogP contribution in [-0.2, 0) is 0 Å². The van der Waals surface area contributed by atoms with Crippen LogP contribution in [0.1, 0.15) is 40.7 Å². The van der Waals surface area contributed by atoms with Crippen molar-refractivity contribution in [1.29, 1.82) is 0 Å². The molecule has 1 fully saturated rings. The van der Waals surface area contributed by atoms with Crippen LogP contribution in [-0.4, -0.2) is 30.0 Å². The van der Waals surface area contributed by atoms with Crippen LogP contribution < -0.4 is 11.1 Å².